The third kappa shape index (κ3) is 1.29. The number of hydrogen-bond donors (Lipinski definition) is 3. The van der Waals surface area contributed by atoms with E-state index in [2.05, 4.69) is 0 Å². The molecule has 14 heavy (non-hydrogen) atoms. The number of rotatable bonds is 0. The first-order valence-electron chi connectivity index (χ1n) is 5.14. The van der Waals surface area contributed by atoms with Crippen LogP contribution >= 0.6 is 0 Å². The van der Waals surface area contributed by atoms with Gasteiger partial charge in [0.1, 0.15) is 0 Å². The van der Waals surface area contributed by atoms with Crippen molar-refractivity contribution in [2.45, 2.75) is 38.3 Å². The Balaban J connectivity index is 2.21. The molecule has 2 fully saturated rings. The first-order valence-corrected chi connectivity index (χ1v) is 5.14. The molecule has 0 unspecified atom stereocenters. The molecule has 0 spiro atoms. The maximum absolute atomic E-state index is 10.1. The molecule has 0 aromatic carbocycles. The average molecular weight is 202 g/mol. The maximum Gasteiger partial charge on any atom is 0.157 e. The molecule has 3 N–H and O–H groups in total. The highest BCUT2D eigenvalue weighted by atomic mass is 16.6. The molecule has 4 heteroatoms. The third-order valence-electron chi connectivity index (χ3n) is 4.01. The molecular weight excluding hydrogens is 184 g/mol. The zero-order valence-corrected chi connectivity index (χ0v) is 8.55. The van der Waals surface area contributed by atoms with Gasteiger partial charge >= 0.3 is 0 Å². The number of hydrogen-bond acceptors (Lipinski definition) is 4. The van der Waals surface area contributed by atoms with E-state index in [9.17, 15) is 15.3 Å². The van der Waals surface area contributed by atoms with E-state index >= 15 is 0 Å². The van der Waals surface area contributed by atoms with Crippen molar-refractivity contribution in [2.75, 3.05) is 6.61 Å². The van der Waals surface area contributed by atoms with E-state index < -0.39 is 18.0 Å². The lowest BCUT2D eigenvalue weighted by Crippen LogP contribution is -2.47. The van der Waals surface area contributed by atoms with E-state index in [1.54, 1.807) is 6.92 Å². The normalized spacial score (nSPS) is 58.5. The summed E-state index contributed by atoms with van der Waals surface area (Å²) in [5, 5.41) is 29.3. The topological polar surface area (TPSA) is 69.9 Å². The van der Waals surface area contributed by atoms with Crippen LogP contribution in [-0.2, 0) is 4.74 Å². The molecule has 2 rings (SSSR count). The molecular formula is C10H18O4. The Bertz CT molecular complexity index is 228. The molecule has 1 saturated heterocycles. The molecule has 82 valence electrons. The first kappa shape index (κ1) is 10.4. The molecule has 0 bridgehead atoms. The van der Waals surface area contributed by atoms with Gasteiger partial charge in [-0.1, -0.05) is 6.92 Å². The minimum Gasteiger partial charge on any atom is -0.390 e. The Morgan fingerprint density at radius 1 is 1.36 bits per heavy atom. The Morgan fingerprint density at radius 3 is 2.64 bits per heavy atom. The van der Waals surface area contributed by atoms with Crippen molar-refractivity contribution in [3.8, 4) is 0 Å². The SMILES string of the molecule is C[C@@H]1[C@H]2C[C@H](O)[C@@](C)(O)[C@H]2CO[C@@H]1O. The van der Waals surface area contributed by atoms with Gasteiger partial charge in [-0.3, -0.25) is 0 Å². The second kappa shape index (κ2) is 3.17. The summed E-state index contributed by atoms with van der Waals surface area (Å²) in [6.45, 7) is 3.88. The van der Waals surface area contributed by atoms with Crippen LogP contribution in [0.1, 0.15) is 20.3 Å². The smallest absolute Gasteiger partial charge is 0.157 e. The summed E-state index contributed by atoms with van der Waals surface area (Å²) in [5.74, 6) is 0.0806. The van der Waals surface area contributed by atoms with Gasteiger partial charge < -0.3 is 20.1 Å². The second-order valence-corrected chi connectivity index (χ2v) is 4.83. The van der Waals surface area contributed by atoms with Crippen LogP contribution in [-0.4, -0.2) is 39.9 Å². The molecule has 0 aromatic rings. The highest BCUT2D eigenvalue weighted by molar-refractivity contribution is 5.03. The van der Waals surface area contributed by atoms with Crippen LogP contribution in [0.2, 0.25) is 0 Å². The second-order valence-electron chi connectivity index (χ2n) is 4.83. The van der Waals surface area contributed by atoms with Gasteiger partial charge in [0.2, 0.25) is 0 Å². The Labute approximate surface area is 83.5 Å². The summed E-state index contributed by atoms with van der Waals surface area (Å²) >= 11 is 0. The largest absolute Gasteiger partial charge is 0.390 e. The standard InChI is InChI=1S/C10H18O4/c1-5-6-3-8(11)10(2,13)7(6)4-14-9(5)12/h5-9,11-13H,3-4H2,1-2H3/t5-,6-,7+,8+,9+,10+/m1/s1. The van der Waals surface area contributed by atoms with Crippen LogP contribution in [0.25, 0.3) is 0 Å². The minimum absolute atomic E-state index is 0.0163. The van der Waals surface area contributed by atoms with Gasteiger partial charge in [0, 0.05) is 11.8 Å². The predicted molar refractivity (Wildman–Crippen MR) is 49.4 cm³/mol. The first-order chi connectivity index (χ1) is 6.44. The van der Waals surface area contributed by atoms with Crippen LogP contribution in [0.15, 0.2) is 0 Å². The van der Waals surface area contributed by atoms with Crippen LogP contribution in [0, 0.1) is 17.8 Å². The van der Waals surface area contributed by atoms with Gasteiger partial charge in [-0.15, -0.1) is 0 Å². The van der Waals surface area contributed by atoms with Crippen LogP contribution < -0.4 is 0 Å². The molecule has 1 aliphatic heterocycles. The maximum atomic E-state index is 10.1. The summed E-state index contributed by atoms with van der Waals surface area (Å²) in [5.41, 5.74) is -1.07. The highest BCUT2D eigenvalue weighted by Gasteiger charge is 2.55. The molecule has 1 saturated carbocycles. The fourth-order valence-corrected chi connectivity index (χ4v) is 2.78. The third-order valence-corrected chi connectivity index (χ3v) is 4.01. The minimum atomic E-state index is -1.07. The van der Waals surface area contributed by atoms with Gasteiger partial charge in [0.05, 0.1) is 18.3 Å². The van der Waals surface area contributed by atoms with Crippen molar-refractivity contribution in [2.24, 2.45) is 17.8 Å². The molecule has 1 aliphatic carbocycles. The number of ether oxygens (including phenoxy) is 1. The number of fused-ring (bicyclic) bond motifs is 1. The van der Waals surface area contributed by atoms with E-state index in [4.69, 9.17) is 4.74 Å². The summed E-state index contributed by atoms with van der Waals surface area (Å²) in [4.78, 5) is 0. The van der Waals surface area contributed by atoms with Gasteiger partial charge in [-0.05, 0) is 19.3 Å². The zero-order valence-electron chi connectivity index (χ0n) is 8.55. The van der Waals surface area contributed by atoms with Gasteiger partial charge in [-0.2, -0.15) is 0 Å². The molecule has 0 aromatic heterocycles. The zero-order chi connectivity index (χ0) is 10.5. The van der Waals surface area contributed by atoms with Crippen molar-refractivity contribution in [1.82, 2.24) is 0 Å². The highest BCUT2D eigenvalue weighted by Crippen LogP contribution is 2.47. The monoisotopic (exact) mass is 202 g/mol. The fraction of sp³-hybridized carbons (Fsp3) is 1.00. The van der Waals surface area contributed by atoms with Gasteiger partial charge in [0.25, 0.3) is 0 Å². The molecule has 2 aliphatic rings. The van der Waals surface area contributed by atoms with Crippen molar-refractivity contribution >= 4 is 0 Å². The Kier molecular flexibility index (Phi) is 2.34. The van der Waals surface area contributed by atoms with Crippen molar-refractivity contribution in [3.63, 3.8) is 0 Å². The van der Waals surface area contributed by atoms with Gasteiger partial charge in [-0.25, -0.2) is 0 Å². The Morgan fingerprint density at radius 2 is 2.00 bits per heavy atom. The predicted octanol–water partition coefficient (Wildman–Crippen LogP) is -0.281. The Hall–Kier alpha value is -0.160. The van der Waals surface area contributed by atoms with Crippen molar-refractivity contribution in [3.05, 3.63) is 0 Å². The van der Waals surface area contributed by atoms with Crippen LogP contribution in [0.3, 0.4) is 0 Å². The quantitative estimate of drug-likeness (QED) is 0.505. The lowest BCUT2D eigenvalue weighted by atomic mass is 9.79. The average Bonchev–Trinajstić information content (AvgIpc) is 2.33. The van der Waals surface area contributed by atoms with E-state index in [-0.39, 0.29) is 17.8 Å². The van der Waals surface area contributed by atoms with Crippen LogP contribution in [0.5, 0.6) is 0 Å². The van der Waals surface area contributed by atoms with E-state index in [1.807, 2.05) is 6.92 Å². The summed E-state index contributed by atoms with van der Waals surface area (Å²) in [7, 11) is 0. The van der Waals surface area contributed by atoms with E-state index in [0.717, 1.165) is 0 Å². The molecule has 4 nitrogen and oxygen atoms in total. The lowest BCUT2D eigenvalue weighted by molar-refractivity contribution is -0.208. The fourth-order valence-electron chi connectivity index (χ4n) is 2.78. The van der Waals surface area contributed by atoms with Crippen molar-refractivity contribution in [1.29, 1.82) is 0 Å². The lowest BCUT2D eigenvalue weighted by Gasteiger charge is -2.39. The van der Waals surface area contributed by atoms with E-state index in [1.165, 1.54) is 0 Å². The molecule has 0 amide bonds. The molecule has 0 radical (unpaired) electrons. The van der Waals surface area contributed by atoms with E-state index in [0.29, 0.717) is 13.0 Å². The number of aliphatic hydroxyl groups excluding tert-OH is 2. The van der Waals surface area contributed by atoms with Crippen molar-refractivity contribution < 1.29 is 20.1 Å². The summed E-state index contributed by atoms with van der Waals surface area (Å²) in [6, 6.07) is 0. The van der Waals surface area contributed by atoms with Crippen LogP contribution in [0.4, 0.5) is 0 Å². The number of aliphatic hydroxyl groups is 3. The summed E-state index contributed by atoms with van der Waals surface area (Å²) in [6.07, 6.45) is -0.898. The molecule has 1 heterocycles. The summed E-state index contributed by atoms with van der Waals surface area (Å²) < 4.78 is 5.17. The molecule has 6 atom stereocenters. The van der Waals surface area contributed by atoms with Gasteiger partial charge in [0.15, 0.2) is 6.29 Å².